The Balaban J connectivity index is 2.11. The Morgan fingerprint density at radius 3 is 2.93 bits per heavy atom. The fourth-order valence-electron chi connectivity index (χ4n) is 1.30. The maximum Gasteiger partial charge on any atom is 0.269 e. The number of hydrogen-bond donors (Lipinski definition) is 0. The molecule has 0 N–H and O–H groups in total. The van der Waals surface area contributed by atoms with Crippen molar-refractivity contribution in [3.63, 3.8) is 0 Å². The van der Waals surface area contributed by atoms with Crippen molar-refractivity contribution in [1.29, 1.82) is 5.26 Å². The van der Waals surface area contributed by atoms with Gasteiger partial charge in [0, 0.05) is 0 Å². The number of allylic oxidation sites excluding steroid dienone is 1. The second kappa shape index (κ2) is 4.01. The van der Waals surface area contributed by atoms with Crippen LogP contribution in [0.25, 0.3) is 0 Å². The number of nitrogens with zero attached hydrogens (tertiary/aromatic N) is 1. The van der Waals surface area contributed by atoms with Gasteiger partial charge >= 0.3 is 0 Å². The van der Waals surface area contributed by atoms with Gasteiger partial charge in [-0.2, -0.15) is 5.26 Å². The van der Waals surface area contributed by atoms with Gasteiger partial charge in [0.05, 0.1) is 18.1 Å². The molecule has 0 amide bonds. The van der Waals surface area contributed by atoms with Crippen molar-refractivity contribution in [1.82, 2.24) is 0 Å². The summed E-state index contributed by atoms with van der Waals surface area (Å²) >= 11 is 0. The topological polar surface area (TPSA) is 42.2 Å². The molecule has 76 valence electrons. The third-order valence-electron chi connectivity index (χ3n) is 1.99. The standard InChI is InChI=1S/C11H8FNO2/c12-10-4-2-1-3-9(10)11-14-7-8(15-11)5-6-13/h1-4,7,11H,5H2. The van der Waals surface area contributed by atoms with Crippen LogP contribution >= 0.6 is 0 Å². The summed E-state index contributed by atoms with van der Waals surface area (Å²) in [6.07, 6.45) is 0.709. The molecule has 1 aromatic carbocycles. The van der Waals surface area contributed by atoms with Gasteiger partial charge in [0.25, 0.3) is 6.29 Å². The molecule has 1 heterocycles. The first-order valence-electron chi connectivity index (χ1n) is 4.44. The smallest absolute Gasteiger partial charge is 0.269 e. The van der Waals surface area contributed by atoms with Crippen molar-refractivity contribution in [2.75, 3.05) is 0 Å². The van der Waals surface area contributed by atoms with Gasteiger partial charge in [-0.05, 0) is 12.1 Å². The van der Waals surface area contributed by atoms with Crippen LogP contribution in [0.2, 0.25) is 0 Å². The Labute approximate surface area is 86.3 Å². The number of ether oxygens (including phenoxy) is 2. The highest BCUT2D eigenvalue weighted by molar-refractivity contribution is 5.20. The molecule has 1 atom stereocenters. The first-order valence-corrected chi connectivity index (χ1v) is 4.44. The molecule has 0 aliphatic carbocycles. The van der Waals surface area contributed by atoms with Crippen LogP contribution in [0.5, 0.6) is 0 Å². The normalized spacial score (nSPS) is 18.7. The molecule has 1 unspecified atom stereocenters. The second-order valence-corrected chi connectivity index (χ2v) is 3.03. The number of rotatable bonds is 2. The molecule has 4 heteroatoms. The van der Waals surface area contributed by atoms with Crippen LogP contribution in [0.3, 0.4) is 0 Å². The minimum absolute atomic E-state index is 0.130. The van der Waals surface area contributed by atoms with E-state index < -0.39 is 6.29 Å². The molecule has 0 spiro atoms. The van der Waals surface area contributed by atoms with E-state index in [1.807, 2.05) is 6.07 Å². The lowest BCUT2D eigenvalue weighted by Crippen LogP contribution is -2.01. The van der Waals surface area contributed by atoms with Gasteiger partial charge < -0.3 is 9.47 Å². The van der Waals surface area contributed by atoms with Gasteiger partial charge in [0.1, 0.15) is 17.8 Å². The van der Waals surface area contributed by atoms with Gasteiger partial charge in [-0.1, -0.05) is 12.1 Å². The Bertz CT molecular complexity index is 436. The average Bonchev–Trinajstić information content (AvgIpc) is 2.68. The third kappa shape index (κ3) is 1.91. The van der Waals surface area contributed by atoms with E-state index in [9.17, 15) is 4.39 Å². The van der Waals surface area contributed by atoms with E-state index in [1.165, 1.54) is 12.3 Å². The average molecular weight is 205 g/mol. The fourth-order valence-corrected chi connectivity index (χ4v) is 1.30. The quantitative estimate of drug-likeness (QED) is 0.745. The van der Waals surface area contributed by atoms with Gasteiger partial charge in [-0.3, -0.25) is 0 Å². The zero-order chi connectivity index (χ0) is 10.7. The van der Waals surface area contributed by atoms with Crippen molar-refractivity contribution in [3.05, 3.63) is 47.7 Å². The molecule has 0 saturated carbocycles. The van der Waals surface area contributed by atoms with E-state index in [0.29, 0.717) is 11.3 Å². The van der Waals surface area contributed by atoms with Crippen LogP contribution < -0.4 is 0 Å². The molecule has 1 aliphatic rings. The van der Waals surface area contributed by atoms with Crippen LogP contribution in [-0.2, 0) is 9.47 Å². The highest BCUT2D eigenvalue weighted by atomic mass is 19.1. The Morgan fingerprint density at radius 2 is 2.20 bits per heavy atom. The molecule has 2 rings (SSSR count). The summed E-state index contributed by atoms with van der Waals surface area (Å²) in [6, 6.07) is 8.15. The third-order valence-corrected chi connectivity index (χ3v) is 1.99. The summed E-state index contributed by atoms with van der Waals surface area (Å²) in [7, 11) is 0. The molecule has 0 fully saturated rings. The Morgan fingerprint density at radius 1 is 1.40 bits per heavy atom. The lowest BCUT2D eigenvalue weighted by molar-refractivity contribution is -0.0367. The molecule has 0 bridgehead atoms. The SMILES string of the molecule is N#CCC1=COC(c2ccccc2F)O1. The van der Waals surface area contributed by atoms with E-state index in [-0.39, 0.29) is 12.2 Å². The predicted octanol–water partition coefficient (Wildman–Crippen LogP) is 2.63. The highest BCUT2D eigenvalue weighted by Crippen LogP contribution is 2.30. The van der Waals surface area contributed by atoms with E-state index in [0.717, 1.165) is 0 Å². The first-order chi connectivity index (χ1) is 7.31. The number of benzene rings is 1. The van der Waals surface area contributed by atoms with Gasteiger partial charge in [0.2, 0.25) is 0 Å². The number of halogens is 1. The van der Waals surface area contributed by atoms with Crippen LogP contribution in [0.4, 0.5) is 4.39 Å². The van der Waals surface area contributed by atoms with E-state index >= 15 is 0 Å². The molecule has 1 aromatic rings. The lowest BCUT2D eigenvalue weighted by Gasteiger charge is -2.11. The van der Waals surface area contributed by atoms with Crippen molar-refractivity contribution >= 4 is 0 Å². The van der Waals surface area contributed by atoms with Crippen LogP contribution in [-0.4, -0.2) is 0 Å². The van der Waals surface area contributed by atoms with E-state index in [4.69, 9.17) is 14.7 Å². The number of hydrogen-bond acceptors (Lipinski definition) is 3. The lowest BCUT2D eigenvalue weighted by atomic mass is 10.2. The van der Waals surface area contributed by atoms with Crippen LogP contribution in [0, 0.1) is 17.1 Å². The van der Waals surface area contributed by atoms with Gasteiger partial charge in [0.15, 0.2) is 0 Å². The minimum Gasteiger partial charge on any atom is -0.455 e. The summed E-state index contributed by atoms with van der Waals surface area (Å²) in [4.78, 5) is 0. The summed E-state index contributed by atoms with van der Waals surface area (Å²) in [5.74, 6) is 0.0415. The monoisotopic (exact) mass is 205 g/mol. The summed E-state index contributed by atoms with van der Waals surface area (Å²) in [5, 5.41) is 8.44. The fraction of sp³-hybridized carbons (Fsp3) is 0.182. The van der Waals surface area contributed by atoms with Crippen LogP contribution in [0.15, 0.2) is 36.3 Å². The predicted molar refractivity (Wildman–Crippen MR) is 49.6 cm³/mol. The first kappa shape index (κ1) is 9.53. The largest absolute Gasteiger partial charge is 0.455 e. The molecular formula is C11H8FNO2. The molecule has 0 radical (unpaired) electrons. The zero-order valence-electron chi connectivity index (χ0n) is 7.81. The Hall–Kier alpha value is -2.02. The molecule has 3 nitrogen and oxygen atoms in total. The Kier molecular flexibility index (Phi) is 2.55. The highest BCUT2D eigenvalue weighted by Gasteiger charge is 2.23. The molecule has 0 saturated heterocycles. The van der Waals surface area contributed by atoms with Crippen molar-refractivity contribution < 1.29 is 13.9 Å². The summed E-state index contributed by atoms with van der Waals surface area (Å²) < 4.78 is 23.7. The van der Waals surface area contributed by atoms with Gasteiger partial charge in [-0.25, -0.2) is 4.39 Å². The number of nitriles is 1. The minimum atomic E-state index is -0.769. The van der Waals surface area contributed by atoms with Crippen LogP contribution in [0.1, 0.15) is 18.3 Å². The summed E-state index contributed by atoms with van der Waals surface area (Å²) in [6.45, 7) is 0. The van der Waals surface area contributed by atoms with Crippen molar-refractivity contribution in [2.45, 2.75) is 12.7 Å². The van der Waals surface area contributed by atoms with Crippen molar-refractivity contribution in [2.24, 2.45) is 0 Å². The second-order valence-electron chi connectivity index (χ2n) is 3.03. The van der Waals surface area contributed by atoms with Crippen molar-refractivity contribution in [3.8, 4) is 6.07 Å². The van der Waals surface area contributed by atoms with E-state index in [2.05, 4.69) is 0 Å². The molecule has 0 aromatic heterocycles. The zero-order valence-corrected chi connectivity index (χ0v) is 7.81. The summed E-state index contributed by atoms with van der Waals surface area (Å²) in [5.41, 5.74) is 0.335. The molecular weight excluding hydrogens is 197 g/mol. The maximum atomic E-state index is 13.3. The molecule has 1 aliphatic heterocycles. The van der Waals surface area contributed by atoms with Gasteiger partial charge in [-0.15, -0.1) is 0 Å². The maximum absolute atomic E-state index is 13.3. The molecule has 15 heavy (non-hydrogen) atoms. The van der Waals surface area contributed by atoms with E-state index in [1.54, 1.807) is 18.2 Å².